The second-order valence-electron chi connectivity index (χ2n) is 4.32. The van der Waals surface area contributed by atoms with Crippen LogP contribution in [0.5, 0.6) is 5.88 Å². The maximum atomic E-state index is 5.94. The van der Waals surface area contributed by atoms with E-state index in [1.807, 2.05) is 19.9 Å². The predicted octanol–water partition coefficient (Wildman–Crippen LogP) is 1.80. The summed E-state index contributed by atoms with van der Waals surface area (Å²) >= 11 is 0. The molecule has 1 unspecified atom stereocenters. The highest BCUT2D eigenvalue weighted by Crippen LogP contribution is 2.21. The molecule has 0 bridgehead atoms. The molecule has 0 radical (unpaired) electrons. The Morgan fingerprint density at radius 3 is 2.67 bits per heavy atom. The van der Waals surface area contributed by atoms with Crippen LogP contribution < -0.4 is 10.5 Å². The van der Waals surface area contributed by atoms with Gasteiger partial charge in [0, 0.05) is 17.8 Å². The molecule has 0 amide bonds. The Bertz CT molecular complexity index is 507. The SMILES string of the molecule is COc1ccc(-c2noc(C(N)C(C)C)n2)cn1. The molecular weight excluding hydrogens is 232 g/mol. The number of nitrogens with zero attached hydrogens (tertiary/aromatic N) is 3. The number of hydrogen-bond acceptors (Lipinski definition) is 6. The number of rotatable bonds is 4. The van der Waals surface area contributed by atoms with E-state index >= 15 is 0 Å². The van der Waals surface area contributed by atoms with Gasteiger partial charge in [-0.1, -0.05) is 19.0 Å². The number of ether oxygens (including phenoxy) is 1. The third-order valence-corrected chi connectivity index (χ3v) is 2.65. The number of aromatic nitrogens is 3. The second kappa shape index (κ2) is 5.14. The summed E-state index contributed by atoms with van der Waals surface area (Å²) in [5.41, 5.74) is 6.71. The van der Waals surface area contributed by atoms with Gasteiger partial charge in [-0.05, 0) is 12.0 Å². The van der Waals surface area contributed by atoms with Crippen LogP contribution in [0.2, 0.25) is 0 Å². The maximum Gasteiger partial charge on any atom is 0.244 e. The largest absolute Gasteiger partial charge is 0.481 e. The van der Waals surface area contributed by atoms with Crippen LogP contribution in [-0.4, -0.2) is 22.2 Å². The minimum Gasteiger partial charge on any atom is -0.481 e. The van der Waals surface area contributed by atoms with Gasteiger partial charge in [0.2, 0.25) is 17.6 Å². The van der Waals surface area contributed by atoms with Crippen molar-refractivity contribution in [2.75, 3.05) is 7.11 Å². The van der Waals surface area contributed by atoms with Crippen LogP contribution in [0.15, 0.2) is 22.9 Å². The first-order chi connectivity index (χ1) is 8.61. The van der Waals surface area contributed by atoms with E-state index in [1.165, 1.54) is 0 Å². The Labute approximate surface area is 105 Å². The summed E-state index contributed by atoms with van der Waals surface area (Å²) < 4.78 is 10.1. The van der Waals surface area contributed by atoms with Crippen LogP contribution in [0.4, 0.5) is 0 Å². The van der Waals surface area contributed by atoms with Gasteiger partial charge in [0.15, 0.2) is 0 Å². The Hall–Kier alpha value is -1.95. The molecule has 2 aromatic heterocycles. The number of nitrogens with two attached hydrogens (primary N) is 1. The van der Waals surface area contributed by atoms with Gasteiger partial charge in [-0.15, -0.1) is 0 Å². The van der Waals surface area contributed by atoms with Crippen LogP contribution >= 0.6 is 0 Å². The quantitative estimate of drug-likeness (QED) is 0.887. The number of hydrogen-bond donors (Lipinski definition) is 1. The molecule has 96 valence electrons. The topological polar surface area (TPSA) is 87.1 Å². The van der Waals surface area contributed by atoms with E-state index < -0.39 is 0 Å². The molecule has 6 nitrogen and oxygen atoms in total. The van der Waals surface area contributed by atoms with Crippen LogP contribution in [0.1, 0.15) is 25.8 Å². The van der Waals surface area contributed by atoms with E-state index in [0.717, 1.165) is 5.56 Å². The van der Waals surface area contributed by atoms with E-state index in [9.17, 15) is 0 Å². The monoisotopic (exact) mass is 248 g/mol. The maximum absolute atomic E-state index is 5.94. The third kappa shape index (κ3) is 2.48. The summed E-state index contributed by atoms with van der Waals surface area (Å²) in [6.07, 6.45) is 1.63. The molecular formula is C12H16N4O2. The predicted molar refractivity (Wildman–Crippen MR) is 65.8 cm³/mol. The van der Waals surface area contributed by atoms with Gasteiger partial charge >= 0.3 is 0 Å². The van der Waals surface area contributed by atoms with Crippen LogP contribution in [-0.2, 0) is 0 Å². The lowest BCUT2D eigenvalue weighted by atomic mass is 10.1. The lowest BCUT2D eigenvalue weighted by Gasteiger charge is -2.09. The third-order valence-electron chi connectivity index (χ3n) is 2.65. The summed E-state index contributed by atoms with van der Waals surface area (Å²) in [7, 11) is 1.57. The Kier molecular flexibility index (Phi) is 3.57. The zero-order chi connectivity index (χ0) is 13.1. The van der Waals surface area contributed by atoms with Crippen LogP contribution in [0, 0.1) is 5.92 Å². The lowest BCUT2D eigenvalue weighted by molar-refractivity contribution is 0.325. The van der Waals surface area contributed by atoms with Gasteiger partial charge in [-0.3, -0.25) is 0 Å². The van der Waals surface area contributed by atoms with Crippen LogP contribution in [0.25, 0.3) is 11.4 Å². The fraction of sp³-hybridized carbons (Fsp3) is 0.417. The van der Waals surface area contributed by atoms with Gasteiger partial charge in [-0.2, -0.15) is 4.98 Å². The number of pyridine rings is 1. The Morgan fingerprint density at radius 1 is 1.33 bits per heavy atom. The molecule has 0 aliphatic rings. The average Bonchev–Trinajstić information content (AvgIpc) is 2.87. The van der Waals surface area contributed by atoms with Crippen molar-refractivity contribution in [2.24, 2.45) is 11.7 Å². The fourth-order valence-electron chi connectivity index (χ4n) is 1.41. The van der Waals surface area contributed by atoms with Gasteiger partial charge in [-0.25, -0.2) is 4.98 Å². The number of methoxy groups -OCH3 is 1. The summed E-state index contributed by atoms with van der Waals surface area (Å²) in [5.74, 6) is 1.71. The molecule has 2 heterocycles. The lowest BCUT2D eigenvalue weighted by Crippen LogP contribution is -2.16. The molecule has 0 aromatic carbocycles. The van der Waals surface area contributed by atoms with Crippen molar-refractivity contribution in [1.82, 2.24) is 15.1 Å². The molecule has 18 heavy (non-hydrogen) atoms. The molecule has 6 heteroatoms. The van der Waals surface area contributed by atoms with E-state index in [0.29, 0.717) is 17.6 Å². The minimum atomic E-state index is -0.252. The van der Waals surface area contributed by atoms with Crippen molar-refractivity contribution >= 4 is 0 Å². The molecule has 0 saturated carbocycles. The first-order valence-electron chi connectivity index (χ1n) is 5.71. The molecule has 2 aromatic rings. The summed E-state index contributed by atoms with van der Waals surface area (Å²) in [6, 6.07) is 3.31. The van der Waals surface area contributed by atoms with Gasteiger partial charge in [0.25, 0.3) is 0 Å². The molecule has 0 aliphatic heterocycles. The zero-order valence-corrected chi connectivity index (χ0v) is 10.6. The molecule has 2 N–H and O–H groups in total. The van der Waals surface area contributed by atoms with E-state index in [4.69, 9.17) is 15.0 Å². The Morgan fingerprint density at radius 2 is 2.11 bits per heavy atom. The molecule has 0 fully saturated rings. The average molecular weight is 248 g/mol. The standard InChI is InChI=1S/C12H16N4O2/c1-7(2)10(13)12-15-11(16-18-12)8-4-5-9(17-3)14-6-8/h4-7,10H,13H2,1-3H3. The van der Waals surface area contributed by atoms with Gasteiger partial charge in [0.05, 0.1) is 13.2 Å². The van der Waals surface area contributed by atoms with Crippen molar-refractivity contribution < 1.29 is 9.26 Å². The summed E-state index contributed by atoms with van der Waals surface area (Å²) in [5, 5.41) is 3.90. The molecule has 0 aliphatic carbocycles. The fourth-order valence-corrected chi connectivity index (χ4v) is 1.41. The van der Waals surface area contributed by atoms with E-state index in [2.05, 4.69) is 15.1 Å². The smallest absolute Gasteiger partial charge is 0.244 e. The van der Waals surface area contributed by atoms with E-state index in [-0.39, 0.29) is 12.0 Å². The second-order valence-corrected chi connectivity index (χ2v) is 4.32. The highest BCUT2D eigenvalue weighted by molar-refractivity contribution is 5.53. The van der Waals surface area contributed by atoms with Crippen molar-refractivity contribution in [3.63, 3.8) is 0 Å². The zero-order valence-electron chi connectivity index (χ0n) is 10.6. The minimum absolute atomic E-state index is 0.243. The van der Waals surface area contributed by atoms with Crippen molar-refractivity contribution in [1.29, 1.82) is 0 Å². The van der Waals surface area contributed by atoms with Crippen molar-refractivity contribution in [2.45, 2.75) is 19.9 Å². The highest BCUT2D eigenvalue weighted by atomic mass is 16.5. The normalized spacial score (nSPS) is 12.7. The first kappa shape index (κ1) is 12.5. The van der Waals surface area contributed by atoms with Crippen LogP contribution in [0.3, 0.4) is 0 Å². The van der Waals surface area contributed by atoms with E-state index in [1.54, 1.807) is 19.4 Å². The van der Waals surface area contributed by atoms with Crippen molar-refractivity contribution in [3.05, 3.63) is 24.2 Å². The summed E-state index contributed by atoms with van der Waals surface area (Å²) in [6.45, 7) is 4.01. The first-order valence-corrected chi connectivity index (χ1v) is 5.71. The van der Waals surface area contributed by atoms with Gasteiger partial charge < -0.3 is 15.0 Å². The van der Waals surface area contributed by atoms with Crippen molar-refractivity contribution in [3.8, 4) is 17.3 Å². The molecule has 1 atom stereocenters. The Balaban J connectivity index is 2.23. The molecule has 2 rings (SSSR count). The summed E-state index contributed by atoms with van der Waals surface area (Å²) in [4.78, 5) is 8.36. The molecule has 0 saturated heterocycles. The molecule has 0 spiro atoms. The highest BCUT2D eigenvalue weighted by Gasteiger charge is 2.18. The van der Waals surface area contributed by atoms with Gasteiger partial charge in [0.1, 0.15) is 0 Å².